The fraction of sp³-hybridized carbons (Fsp3) is 0.765. The van der Waals surface area contributed by atoms with Crippen LogP contribution in [0.5, 0.6) is 0 Å². The zero-order chi connectivity index (χ0) is 14.8. The van der Waals surface area contributed by atoms with Gasteiger partial charge in [-0.2, -0.15) is 0 Å². The van der Waals surface area contributed by atoms with Gasteiger partial charge in [0.05, 0.1) is 6.61 Å². The van der Waals surface area contributed by atoms with Crippen LogP contribution >= 0.6 is 0 Å². The summed E-state index contributed by atoms with van der Waals surface area (Å²) in [5, 5.41) is 0. The molecular formula is C17H30N2O. The number of rotatable bonds is 6. The van der Waals surface area contributed by atoms with Gasteiger partial charge in [0, 0.05) is 31.1 Å². The fourth-order valence-corrected chi connectivity index (χ4v) is 3.09. The number of nitrogens with two attached hydrogens (primary N) is 1. The Kier molecular flexibility index (Phi) is 4.92. The van der Waals surface area contributed by atoms with Gasteiger partial charge in [0.25, 0.3) is 0 Å². The summed E-state index contributed by atoms with van der Waals surface area (Å²) in [5.74, 6) is 0.716. The normalized spacial score (nSPS) is 21.2. The zero-order valence-corrected chi connectivity index (χ0v) is 13.5. The second-order valence-electron chi connectivity index (χ2n) is 7.36. The molecule has 0 saturated heterocycles. The van der Waals surface area contributed by atoms with Crippen LogP contribution < -0.4 is 5.73 Å². The Morgan fingerprint density at radius 2 is 2.15 bits per heavy atom. The first-order chi connectivity index (χ1) is 9.39. The summed E-state index contributed by atoms with van der Waals surface area (Å²) in [7, 11) is 0. The maximum atomic E-state index is 6.30. The molecule has 1 aromatic heterocycles. The highest BCUT2D eigenvalue weighted by molar-refractivity contribution is 5.30. The molecule has 0 bridgehead atoms. The van der Waals surface area contributed by atoms with Crippen LogP contribution in [-0.2, 0) is 17.7 Å². The second kappa shape index (κ2) is 6.31. The Bertz CT molecular complexity index is 434. The molecule has 0 spiro atoms. The molecule has 1 aromatic rings. The summed E-state index contributed by atoms with van der Waals surface area (Å²) in [4.78, 5) is 0. The van der Waals surface area contributed by atoms with Crippen LogP contribution in [0.4, 0.5) is 0 Å². The molecule has 2 rings (SSSR count). The van der Waals surface area contributed by atoms with Crippen molar-refractivity contribution in [3.8, 4) is 0 Å². The van der Waals surface area contributed by atoms with E-state index in [2.05, 4.69) is 44.5 Å². The average molecular weight is 278 g/mol. The summed E-state index contributed by atoms with van der Waals surface area (Å²) < 4.78 is 8.07. The molecule has 3 heteroatoms. The van der Waals surface area contributed by atoms with E-state index in [0.29, 0.717) is 11.3 Å². The maximum absolute atomic E-state index is 6.30. The summed E-state index contributed by atoms with van der Waals surface area (Å²) >= 11 is 0. The van der Waals surface area contributed by atoms with Gasteiger partial charge in [-0.1, -0.05) is 27.7 Å². The number of fused-ring (bicyclic) bond motifs is 1. The standard InChI is InChI=1S/C17H30N2O/c1-13(2)6-9-20-10-8-19-7-5-14-15(18)11-17(3,4)12-16(14)19/h5,7,13,15H,6,8-12,18H2,1-4H3. The third-order valence-corrected chi connectivity index (χ3v) is 4.25. The predicted molar refractivity (Wildman–Crippen MR) is 83.7 cm³/mol. The molecule has 0 radical (unpaired) electrons. The van der Waals surface area contributed by atoms with Crippen molar-refractivity contribution in [2.45, 2.75) is 59.5 Å². The molecule has 1 aliphatic rings. The van der Waals surface area contributed by atoms with Gasteiger partial charge in [0.15, 0.2) is 0 Å². The van der Waals surface area contributed by atoms with E-state index >= 15 is 0 Å². The summed E-state index contributed by atoms with van der Waals surface area (Å²) in [6.07, 6.45) is 5.52. The minimum atomic E-state index is 0.192. The van der Waals surface area contributed by atoms with E-state index in [1.54, 1.807) is 0 Å². The number of nitrogens with zero attached hydrogens (tertiary/aromatic N) is 1. The highest BCUT2D eigenvalue weighted by Crippen LogP contribution is 2.39. The second-order valence-corrected chi connectivity index (χ2v) is 7.36. The average Bonchev–Trinajstić information content (AvgIpc) is 2.70. The van der Waals surface area contributed by atoms with Crippen LogP contribution in [0.15, 0.2) is 12.3 Å². The van der Waals surface area contributed by atoms with E-state index in [1.165, 1.54) is 11.3 Å². The van der Waals surface area contributed by atoms with Gasteiger partial charge < -0.3 is 15.0 Å². The minimum Gasteiger partial charge on any atom is -0.380 e. The molecule has 0 aliphatic heterocycles. The molecule has 0 amide bonds. The molecule has 1 unspecified atom stereocenters. The van der Waals surface area contributed by atoms with E-state index in [0.717, 1.165) is 39.0 Å². The van der Waals surface area contributed by atoms with Gasteiger partial charge >= 0.3 is 0 Å². The monoisotopic (exact) mass is 278 g/mol. The zero-order valence-electron chi connectivity index (χ0n) is 13.5. The van der Waals surface area contributed by atoms with E-state index in [1.807, 2.05) is 0 Å². The minimum absolute atomic E-state index is 0.192. The molecule has 114 valence electrons. The van der Waals surface area contributed by atoms with Crippen LogP contribution in [0.1, 0.15) is 57.8 Å². The summed E-state index contributed by atoms with van der Waals surface area (Å²) in [6.45, 7) is 11.7. The number of aromatic nitrogens is 1. The number of hydrogen-bond acceptors (Lipinski definition) is 2. The largest absolute Gasteiger partial charge is 0.380 e. The SMILES string of the molecule is CC(C)CCOCCn1ccc2c1CC(C)(C)CC2N. The molecule has 1 atom stereocenters. The van der Waals surface area contributed by atoms with Gasteiger partial charge in [-0.05, 0) is 42.2 Å². The molecule has 2 N–H and O–H groups in total. The number of hydrogen-bond donors (Lipinski definition) is 1. The molecule has 0 aromatic carbocycles. The van der Waals surface area contributed by atoms with Crippen molar-refractivity contribution in [1.29, 1.82) is 0 Å². The van der Waals surface area contributed by atoms with Crippen molar-refractivity contribution in [3.05, 3.63) is 23.5 Å². The first-order valence-electron chi connectivity index (χ1n) is 7.90. The lowest BCUT2D eigenvalue weighted by Crippen LogP contribution is -2.30. The Hall–Kier alpha value is -0.800. The van der Waals surface area contributed by atoms with Crippen molar-refractivity contribution in [1.82, 2.24) is 4.57 Å². The first-order valence-corrected chi connectivity index (χ1v) is 7.90. The Labute approximate surface area is 123 Å². The fourth-order valence-electron chi connectivity index (χ4n) is 3.09. The maximum Gasteiger partial charge on any atom is 0.0645 e. The molecule has 1 heterocycles. The molecule has 3 nitrogen and oxygen atoms in total. The van der Waals surface area contributed by atoms with Crippen molar-refractivity contribution in [2.75, 3.05) is 13.2 Å². The lowest BCUT2D eigenvalue weighted by Gasteiger charge is -2.34. The Morgan fingerprint density at radius 1 is 1.40 bits per heavy atom. The molecule has 0 saturated carbocycles. The lowest BCUT2D eigenvalue weighted by atomic mass is 9.74. The van der Waals surface area contributed by atoms with Crippen molar-refractivity contribution in [3.63, 3.8) is 0 Å². The molecule has 20 heavy (non-hydrogen) atoms. The van der Waals surface area contributed by atoms with Crippen molar-refractivity contribution < 1.29 is 4.74 Å². The smallest absolute Gasteiger partial charge is 0.0645 e. The lowest BCUT2D eigenvalue weighted by molar-refractivity contribution is 0.115. The van der Waals surface area contributed by atoms with E-state index < -0.39 is 0 Å². The van der Waals surface area contributed by atoms with Crippen LogP contribution in [0.2, 0.25) is 0 Å². The van der Waals surface area contributed by atoms with Crippen LogP contribution in [0.3, 0.4) is 0 Å². The highest BCUT2D eigenvalue weighted by atomic mass is 16.5. The molecular weight excluding hydrogens is 248 g/mol. The Balaban J connectivity index is 1.91. The predicted octanol–water partition coefficient (Wildman–Crippen LogP) is 3.52. The van der Waals surface area contributed by atoms with Gasteiger partial charge in [0.2, 0.25) is 0 Å². The van der Waals surface area contributed by atoms with E-state index in [4.69, 9.17) is 10.5 Å². The Morgan fingerprint density at radius 3 is 2.85 bits per heavy atom. The summed E-state index contributed by atoms with van der Waals surface area (Å²) in [5.41, 5.74) is 9.36. The molecule has 1 aliphatic carbocycles. The van der Waals surface area contributed by atoms with Crippen LogP contribution in [-0.4, -0.2) is 17.8 Å². The molecule has 0 fully saturated rings. The quantitative estimate of drug-likeness (QED) is 0.809. The van der Waals surface area contributed by atoms with Gasteiger partial charge in [0.1, 0.15) is 0 Å². The summed E-state index contributed by atoms with van der Waals surface area (Å²) in [6, 6.07) is 2.39. The van der Waals surface area contributed by atoms with Crippen molar-refractivity contribution >= 4 is 0 Å². The third-order valence-electron chi connectivity index (χ3n) is 4.25. The topological polar surface area (TPSA) is 40.2 Å². The van der Waals surface area contributed by atoms with E-state index in [-0.39, 0.29) is 6.04 Å². The van der Waals surface area contributed by atoms with E-state index in [9.17, 15) is 0 Å². The van der Waals surface area contributed by atoms with Crippen LogP contribution in [0, 0.1) is 11.3 Å². The third kappa shape index (κ3) is 3.86. The van der Waals surface area contributed by atoms with Crippen molar-refractivity contribution in [2.24, 2.45) is 17.1 Å². The number of ether oxygens (including phenoxy) is 1. The van der Waals surface area contributed by atoms with Gasteiger partial charge in [-0.15, -0.1) is 0 Å². The highest BCUT2D eigenvalue weighted by Gasteiger charge is 2.32. The van der Waals surface area contributed by atoms with Crippen LogP contribution in [0.25, 0.3) is 0 Å². The van der Waals surface area contributed by atoms with Gasteiger partial charge in [-0.3, -0.25) is 0 Å². The van der Waals surface area contributed by atoms with Gasteiger partial charge in [-0.25, -0.2) is 0 Å². The first kappa shape index (κ1) is 15.6.